The number of para-hydroxylation sites is 4. The van der Waals surface area contributed by atoms with E-state index in [0.29, 0.717) is 0 Å². The molecule has 0 saturated carbocycles. The van der Waals surface area contributed by atoms with Crippen molar-refractivity contribution in [3.63, 3.8) is 0 Å². The van der Waals surface area contributed by atoms with E-state index in [1.807, 2.05) is 48.5 Å². The average Bonchev–Trinajstić information content (AvgIpc) is 2.90. The van der Waals surface area contributed by atoms with Gasteiger partial charge in [-0.3, -0.25) is 0 Å². The van der Waals surface area contributed by atoms with Crippen molar-refractivity contribution in [2.45, 2.75) is 0 Å². The fourth-order valence-electron chi connectivity index (χ4n) is 5.08. The van der Waals surface area contributed by atoms with Gasteiger partial charge in [0.2, 0.25) is 0 Å². The third-order valence-corrected chi connectivity index (χ3v) is 6.53. The van der Waals surface area contributed by atoms with Gasteiger partial charge in [0.15, 0.2) is 0 Å². The number of rotatable bonds is 2. The van der Waals surface area contributed by atoms with Crippen LogP contribution in [0.5, 0.6) is 0 Å². The van der Waals surface area contributed by atoms with Gasteiger partial charge in [-0.2, -0.15) is 0 Å². The van der Waals surface area contributed by atoms with Crippen LogP contribution in [-0.2, 0) is 0 Å². The Labute approximate surface area is 196 Å². The Hall–Kier alpha value is -4.56. The second kappa shape index (κ2) is 7.50. The lowest BCUT2D eigenvalue weighted by molar-refractivity contribution is 0.660. The highest BCUT2D eigenvalue weighted by Gasteiger charge is 2.25. The summed E-state index contributed by atoms with van der Waals surface area (Å²) in [6, 6.07) is 41.8. The van der Waals surface area contributed by atoms with Crippen LogP contribution in [0.2, 0.25) is 0 Å². The Bertz CT molecular complexity index is 1620. The molecule has 158 valence electrons. The van der Waals surface area contributed by atoms with Crippen molar-refractivity contribution in [1.29, 1.82) is 0 Å². The number of hydrogen-bond acceptors (Lipinski definition) is 0. The molecule has 0 atom stereocenters. The molecule has 2 heteroatoms. The molecule has 0 aliphatic heterocycles. The lowest BCUT2D eigenvalue weighted by atomic mass is 9.88. The van der Waals surface area contributed by atoms with Crippen LogP contribution in [0.15, 0.2) is 130 Å². The van der Waals surface area contributed by atoms with Gasteiger partial charge < -0.3 is 0 Å². The standard InChI is InChI=1S/C32H20O2/c1-2-12-22(32-25-15-5-9-19-29(25)34-30-20-10-6-16-26(30)32)21(11-1)31-23-13-3-7-17-27(23)33-28-18-8-4-14-24(28)31/h1-20H/q+2. The third kappa shape index (κ3) is 2.82. The van der Waals surface area contributed by atoms with Crippen LogP contribution >= 0.6 is 0 Å². The maximum atomic E-state index is 6.28. The molecule has 2 nitrogen and oxygen atoms in total. The molecule has 7 aromatic rings. The summed E-state index contributed by atoms with van der Waals surface area (Å²) in [6.45, 7) is 0. The second-order valence-corrected chi connectivity index (χ2v) is 8.48. The Morgan fingerprint density at radius 2 is 0.559 bits per heavy atom. The van der Waals surface area contributed by atoms with E-state index in [-0.39, 0.29) is 0 Å². The van der Waals surface area contributed by atoms with Crippen LogP contribution in [-0.4, -0.2) is 0 Å². The van der Waals surface area contributed by atoms with Gasteiger partial charge in [-0.15, -0.1) is 0 Å². The first-order valence-electron chi connectivity index (χ1n) is 11.5. The fourth-order valence-corrected chi connectivity index (χ4v) is 5.08. The topological polar surface area (TPSA) is 22.6 Å². The molecule has 5 aromatic carbocycles. The van der Waals surface area contributed by atoms with Crippen molar-refractivity contribution < 1.29 is 8.83 Å². The van der Waals surface area contributed by atoms with Gasteiger partial charge in [0.05, 0.1) is 21.5 Å². The Morgan fingerprint density at radius 1 is 0.294 bits per heavy atom. The molecular formula is C32H20O2+2. The highest BCUT2D eigenvalue weighted by Crippen LogP contribution is 2.44. The Balaban J connectivity index is 1.68. The quantitative estimate of drug-likeness (QED) is 0.199. The summed E-state index contributed by atoms with van der Waals surface area (Å²) >= 11 is 0. The molecule has 0 radical (unpaired) electrons. The molecular weight excluding hydrogens is 416 g/mol. The Kier molecular flexibility index (Phi) is 4.18. The van der Waals surface area contributed by atoms with Crippen molar-refractivity contribution >= 4 is 43.9 Å². The molecule has 7 rings (SSSR count). The highest BCUT2D eigenvalue weighted by atomic mass is 16.3. The van der Waals surface area contributed by atoms with Gasteiger partial charge in [-0.05, 0) is 35.4 Å². The van der Waals surface area contributed by atoms with Crippen molar-refractivity contribution in [2.24, 2.45) is 0 Å². The number of hydrogen-bond donors (Lipinski definition) is 0. The molecule has 34 heavy (non-hydrogen) atoms. The second-order valence-electron chi connectivity index (χ2n) is 8.48. The lowest BCUT2D eigenvalue weighted by Gasteiger charge is -2.13. The smallest absolute Gasteiger partial charge is 0.207 e. The third-order valence-electron chi connectivity index (χ3n) is 6.53. The number of benzene rings is 5. The van der Waals surface area contributed by atoms with Gasteiger partial charge in [0.25, 0.3) is 0 Å². The van der Waals surface area contributed by atoms with Crippen LogP contribution in [0, 0.1) is 0 Å². The lowest BCUT2D eigenvalue weighted by Crippen LogP contribution is -1.91. The molecule has 0 N–H and O–H groups in total. The fraction of sp³-hybridized carbons (Fsp3) is 0. The van der Waals surface area contributed by atoms with E-state index in [9.17, 15) is 0 Å². The van der Waals surface area contributed by atoms with Gasteiger partial charge in [0.1, 0.15) is 0 Å². The van der Waals surface area contributed by atoms with E-state index in [0.717, 1.165) is 43.9 Å². The molecule has 0 amide bonds. The summed E-state index contributed by atoms with van der Waals surface area (Å²) in [6.07, 6.45) is 0. The first-order valence-corrected chi connectivity index (χ1v) is 11.5. The summed E-state index contributed by atoms with van der Waals surface area (Å²) in [5.74, 6) is 0. The normalized spacial score (nSPS) is 11.5. The van der Waals surface area contributed by atoms with Crippen molar-refractivity contribution in [3.05, 3.63) is 121 Å². The van der Waals surface area contributed by atoms with Crippen molar-refractivity contribution in [1.82, 2.24) is 0 Å². The zero-order valence-electron chi connectivity index (χ0n) is 18.4. The zero-order valence-corrected chi connectivity index (χ0v) is 18.4. The van der Waals surface area contributed by atoms with Crippen molar-refractivity contribution in [2.75, 3.05) is 0 Å². The molecule has 0 saturated heterocycles. The van der Waals surface area contributed by atoms with E-state index < -0.39 is 0 Å². The molecule has 0 bridgehead atoms. The average molecular weight is 437 g/mol. The van der Waals surface area contributed by atoms with E-state index in [4.69, 9.17) is 8.83 Å². The van der Waals surface area contributed by atoms with Crippen molar-refractivity contribution in [3.8, 4) is 22.3 Å². The summed E-state index contributed by atoms with van der Waals surface area (Å²) in [5.41, 5.74) is 8.23. The predicted octanol–water partition coefficient (Wildman–Crippen LogP) is 9.38. The van der Waals surface area contributed by atoms with Gasteiger partial charge in [-0.25, -0.2) is 8.83 Å². The van der Waals surface area contributed by atoms with Gasteiger partial charge >= 0.3 is 22.3 Å². The first-order chi connectivity index (χ1) is 16.9. The number of fused-ring (bicyclic) bond motifs is 4. The molecule has 2 aromatic heterocycles. The van der Waals surface area contributed by atoms with Crippen LogP contribution in [0.1, 0.15) is 0 Å². The minimum Gasteiger partial charge on any atom is -0.207 e. The Morgan fingerprint density at radius 3 is 0.882 bits per heavy atom. The zero-order chi connectivity index (χ0) is 22.5. The van der Waals surface area contributed by atoms with E-state index in [1.54, 1.807) is 0 Å². The monoisotopic (exact) mass is 436 g/mol. The summed E-state index contributed by atoms with van der Waals surface area (Å²) in [4.78, 5) is 0. The predicted molar refractivity (Wildman–Crippen MR) is 141 cm³/mol. The van der Waals surface area contributed by atoms with E-state index in [1.165, 1.54) is 22.3 Å². The first kappa shape index (κ1) is 19.0. The molecule has 0 aliphatic carbocycles. The highest BCUT2D eigenvalue weighted by molar-refractivity contribution is 6.15. The minimum atomic E-state index is 0.879. The molecule has 0 aliphatic rings. The largest absolute Gasteiger partial charge is 0.361 e. The van der Waals surface area contributed by atoms with Crippen LogP contribution in [0.4, 0.5) is 0 Å². The summed E-state index contributed by atoms with van der Waals surface area (Å²) in [5, 5.41) is 4.40. The maximum Gasteiger partial charge on any atom is 0.361 e. The molecule has 2 heterocycles. The van der Waals surface area contributed by atoms with Crippen LogP contribution < -0.4 is 0 Å². The minimum absolute atomic E-state index is 0.879. The molecule has 0 spiro atoms. The van der Waals surface area contributed by atoms with Gasteiger partial charge in [-0.1, -0.05) is 72.8 Å². The van der Waals surface area contributed by atoms with Crippen LogP contribution in [0.25, 0.3) is 66.1 Å². The van der Waals surface area contributed by atoms with E-state index >= 15 is 0 Å². The van der Waals surface area contributed by atoms with Gasteiger partial charge in [0, 0.05) is 35.4 Å². The van der Waals surface area contributed by atoms with E-state index in [2.05, 4.69) is 72.8 Å². The van der Waals surface area contributed by atoms with Crippen LogP contribution in [0.3, 0.4) is 0 Å². The molecule has 0 unspecified atom stereocenters. The summed E-state index contributed by atoms with van der Waals surface area (Å²) in [7, 11) is 0. The molecule has 0 fully saturated rings. The maximum absolute atomic E-state index is 6.28. The SMILES string of the molecule is c1ccc(-c2c3ccccc3[o+]c3ccccc23)c(-c2c3ccccc3[o+]c3ccccc23)c1. The summed E-state index contributed by atoms with van der Waals surface area (Å²) < 4.78 is 12.6.